The number of aryl methyl sites for hydroxylation is 1. The van der Waals surface area contributed by atoms with Crippen LogP contribution in [0.3, 0.4) is 0 Å². The lowest BCUT2D eigenvalue weighted by Gasteiger charge is -2.11. The number of halogens is 2. The van der Waals surface area contributed by atoms with Crippen molar-refractivity contribution >= 4 is 0 Å². The quantitative estimate of drug-likeness (QED) is 0.787. The molecule has 16 heavy (non-hydrogen) atoms. The summed E-state index contributed by atoms with van der Waals surface area (Å²) in [6, 6.07) is 4.36. The lowest BCUT2D eigenvalue weighted by molar-refractivity contribution is 0.468. The topological polar surface area (TPSA) is 12.0 Å². The molecule has 1 aromatic rings. The van der Waals surface area contributed by atoms with Crippen LogP contribution in [0.4, 0.5) is 8.78 Å². The van der Waals surface area contributed by atoms with E-state index in [1.165, 1.54) is 0 Å². The van der Waals surface area contributed by atoms with Gasteiger partial charge < -0.3 is 5.32 Å². The van der Waals surface area contributed by atoms with Crippen molar-refractivity contribution < 1.29 is 8.78 Å². The Balaban J connectivity index is 2.45. The maximum absolute atomic E-state index is 13.3. The van der Waals surface area contributed by atoms with Gasteiger partial charge in [0.15, 0.2) is 11.6 Å². The Kier molecular flexibility index (Phi) is 5.39. The molecule has 3 heteroatoms. The molecule has 1 atom stereocenters. The number of nitrogens with one attached hydrogen (secondary N) is 1. The van der Waals surface area contributed by atoms with Gasteiger partial charge in [-0.15, -0.1) is 0 Å². The third-order valence-corrected chi connectivity index (χ3v) is 2.68. The van der Waals surface area contributed by atoms with Gasteiger partial charge in [-0.3, -0.25) is 0 Å². The summed E-state index contributed by atoms with van der Waals surface area (Å²) in [7, 11) is 0. The summed E-state index contributed by atoms with van der Waals surface area (Å²) in [5.41, 5.74) is 0.475. The van der Waals surface area contributed by atoms with Gasteiger partial charge in [-0.05, 0) is 43.5 Å². The number of rotatable bonds is 6. The zero-order valence-corrected chi connectivity index (χ0v) is 9.89. The molecule has 0 amide bonds. The first-order chi connectivity index (χ1) is 7.65. The van der Waals surface area contributed by atoms with Crippen molar-refractivity contribution in [2.75, 3.05) is 13.1 Å². The lowest BCUT2D eigenvalue weighted by Crippen LogP contribution is -2.21. The molecule has 0 spiro atoms. The van der Waals surface area contributed by atoms with E-state index >= 15 is 0 Å². The van der Waals surface area contributed by atoms with Gasteiger partial charge in [0, 0.05) is 0 Å². The van der Waals surface area contributed by atoms with E-state index in [4.69, 9.17) is 0 Å². The van der Waals surface area contributed by atoms with Gasteiger partial charge in [0.25, 0.3) is 0 Å². The van der Waals surface area contributed by atoms with Gasteiger partial charge in [-0.1, -0.05) is 26.0 Å². The second-order valence-electron chi connectivity index (χ2n) is 4.16. The largest absolute Gasteiger partial charge is 0.317 e. The van der Waals surface area contributed by atoms with Crippen molar-refractivity contribution in [1.29, 1.82) is 0 Å². The molecule has 0 aliphatic carbocycles. The van der Waals surface area contributed by atoms with Crippen molar-refractivity contribution in [3.05, 3.63) is 35.4 Å². The molecule has 0 aliphatic rings. The molecule has 90 valence electrons. The maximum Gasteiger partial charge on any atom is 0.162 e. The van der Waals surface area contributed by atoms with Crippen LogP contribution >= 0.6 is 0 Å². The van der Waals surface area contributed by atoms with Crippen LogP contribution in [0, 0.1) is 17.6 Å². The van der Waals surface area contributed by atoms with Gasteiger partial charge in [-0.25, -0.2) is 8.78 Å². The Morgan fingerprint density at radius 1 is 1.31 bits per heavy atom. The van der Waals surface area contributed by atoms with Crippen LogP contribution in [-0.4, -0.2) is 13.1 Å². The highest BCUT2D eigenvalue weighted by Crippen LogP contribution is 2.15. The molecule has 0 saturated carbocycles. The highest BCUT2D eigenvalue weighted by Gasteiger charge is 2.09. The Labute approximate surface area is 95.9 Å². The van der Waals surface area contributed by atoms with E-state index < -0.39 is 11.6 Å². The molecule has 1 unspecified atom stereocenters. The molecule has 0 fully saturated rings. The summed E-state index contributed by atoms with van der Waals surface area (Å²) >= 11 is 0. The van der Waals surface area contributed by atoms with Crippen LogP contribution in [0.25, 0.3) is 0 Å². The van der Waals surface area contributed by atoms with E-state index in [-0.39, 0.29) is 0 Å². The van der Waals surface area contributed by atoms with Crippen molar-refractivity contribution in [2.45, 2.75) is 26.7 Å². The van der Waals surface area contributed by atoms with Crippen molar-refractivity contribution in [3.8, 4) is 0 Å². The van der Waals surface area contributed by atoms with Gasteiger partial charge in [-0.2, -0.15) is 0 Å². The second kappa shape index (κ2) is 6.59. The molecule has 0 aromatic heterocycles. The van der Waals surface area contributed by atoms with Crippen LogP contribution in [-0.2, 0) is 6.42 Å². The average molecular weight is 227 g/mol. The summed E-state index contributed by atoms with van der Waals surface area (Å²) in [4.78, 5) is 0. The van der Waals surface area contributed by atoms with Crippen molar-refractivity contribution in [3.63, 3.8) is 0 Å². The summed E-state index contributed by atoms with van der Waals surface area (Å²) in [6.45, 7) is 6.03. The first kappa shape index (κ1) is 13.1. The average Bonchev–Trinajstić information content (AvgIpc) is 2.28. The molecule has 1 N–H and O–H groups in total. The molecule has 0 heterocycles. The molecule has 1 nitrogen and oxygen atoms in total. The van der Waals surface area contributed by atoms with E-state index in [1.54, 1.807) is 12.1 Å². The molecule has 0 saturated heterocycles. The van der Waals surface area contributed by atoms with Crippen molar-refractivity contribution in [2.24, 2.45) is 5.92 Å². The van der Waals surface area contributed by atoms with Crippen LogP contribution in [0.2, 0.25) is 0 Å². The Bertz CT molecular complexity index is 326. The van der Waals surface area contributed by atoms with Gasteiger partial charge >= 0.3 is 0 Å². The third kappa shape index (κ3) is 3.89. The van der Waals surface area contributed by atoms with E-state index in [2.05, 4.69) is 19.2 Å². The van der Waals surface area contributed by atoms with E-state index in [0.29, 0.717) is 17.9 Å². The number of hydrogen-bond acceptors (Lipinski definition) is 1. The smallest absolute Gasteiger partial charge is 0.162 e. The minimum Gasteiger partial charge on any atom is -0.317 e. The highest BCUT2D eigenvalue weighted by molar-refractivity contribution is 5.18. The van der Waals surface area contributed by atoms with Crippen LogP contribution < -0.4 is 5.32 Å². The fourth-order valence-corrected chi connectivity index (χ4v) is 1.64. The van der Waals surface area contributed by atoms with E-state index in [0.717, 1.165) is 25.6 Å². The number of benzene rings is 1. The Morgan fingerprint density at radius 2 is 2.06 bits per heavy atom. The Hall–Kier alpha value is -0.960. The minimum atomic E-state index is -0.753. The Morgan fingerprint density at radius 3 is 2.75 bits per heavy atom. The summed E-state index contributed by atoms with van der Waals surface area (Å²) in [5, 5.41) is 3.24. The van der Waals surface area contributed by atoms with E-state index in [9.17, 15) is 8.78 Å². The minimum absolute atomic E-state index is 0.475. The van der Waals surface area contributed by atoms with Crippen LogP contribution in [0.15, 0.2) is 18.2 Å². The van der Waals surface area contributed by atoms with Gasteiger partial charge in [0.05, 0.1) is 0 Å². The van der Waals surface area contributed by atoms with Crippen LogP contribution in [0.5, 0.6) is 0 Å². The predicted octanol–water partition coefficient (Wildman–Crippen LogP) is 3.14. The zero-order chi connectivity index (χ0) is 12.0. The van der Waals surface area contributed by atoms with Gasteiger partial charge in [0.2, 0.25) is 0 Å². The lowest BCUT2D eigenvalue weighted by atomic mass is 10.0. The molecule has 0 radical (unpaired) electrons. The molecule has 1 aromatic carbocycles. The van der Waals surface area contributed by atoms with Crippen LogP contribution in [0.1, 0.15) is 25.8 Å². The van der Waals surface area contributed by atoms with Gasteiger partial charge in [0.1, 0.15) is 0 Å². The summed E-state index contributed by atoms with van der Waals surface area (Å²) in [5.74, 6) is -0.974. The fraction of sp³-hybridized carbons (Fsp3) is 0.538. The molecule has 0 bridgehead atoms. The molecule has 1 rings (SSSR count). The fourth-order valence-electron chi connectivity index (χ4n) is 1.64. The summed E-state index contributed by atoms with van der Waals surface area (Å²) < 4.78 is 26.2. The first-order valence-electron chi connectivity index (χ1n) is 5.78. The SMILES string of the molecule is CCNCC(C)CCc1cccc(F)c1F. The molecule has 0 aliphatic heterocycles. The normalized spacial score (nSPS) is 12.8. The zero-order valence-electron chi connectivity index (χ0n) is 9.89. The standard InChI is InChI=1S/C13H19F2N/c1-3-16-9-10(2)7-8-11-5-4-6-12(14)13(11)15/h4-6,10,16H,3,7-9H2,1-2H3. The number of hydrogen-bond donors (Lipinski definition) is 1. The molecular weight excluding hydrogens is 208 g/mol. The molecular formula is C13H19F2N. The summed E-state index contributed by atoms with van der Waals surface area (Å²) in [6.07, 6.45) is 1.46. The predicted molar refractivity (Wildman–Crippen MR) is 62.4 cm³/mol. The third-order valence-electron chi connectivity index (χ3n) is 2.68. The van der Waals surface area contributed by atoms with Crippen molar-refractivity contribution in [1.82, 2.24) is 5.32 Å². The first-order valence-corrected chi connectivity index (χ1v) is 5.78. The van der Waals surface area contributed by atoms with E-state index in [1.807, 2.05) is 0 Å². The maximum atomic E-state index is 13.3. The second-order valence-corrected chi connectivity index (χ2v) is 4.16. The highest BCUT2D eigenvalue weighted by atomic mass is 19.2. The monoisotopic (exact) mass is 227 g/mol.